The van der Waals surface area contributed by atoms with E-state index in [9.17, 15) is 5.26 Å². The van der Waals surface area contributed by atoms with Crippen LogP contribution in [0.25, 0.3) is 11.1 Å². The molecule has 6 heteroatoms. The van der Waals surface area contributed by atoms with E-state index in [2.05, 4.69) is 31.2 Å². The Morgan fingerprint density at radius 3 is 2.70 bits per heavy atom. The van der Waals surface area contributed by atoms with Crippen LogP contribution < -0.4 is 5.73 Å². The van der Waals surface area contributed by atoms with Crippen molar-refractivity contribution in [2.45, 2.75) is 38.0 Å². The molecule has 4 atom stereocenters. The number of benzene rings is 2. The molecule has 154 valence electrons. The van der Waals surface area contributed by atoms with Gasteiger partial charge in [-0.15, -0.1) is 0 Å². The van der Waals surface area contributed by atoms with Gasteiger partial charge in [0, 0.05) is 25.1 Å². The van der Waals surface area contributed by atoms with Crippen molar-refractivity contribution in [2.24, 2.45) is 22.1 Å². The van der Waals surface area contributed by atoms with Crippen LogP contribution in [0.4, 0.5) is 0 Å². The second-order valence-electron chi connectivity index (χ2n) is 8.88. The van der Waals surface area contributed by atoms with Crippen molar-refractivity contribution in [3.63, 3.8) is 0 Å². The van der Waals surface area contributed by atoms with E-state index in [1.807, 2.05) is 31.3 Å². The van der Waals surface area contributed by atoms with E-state index in [4.69, 9.17) is 20.3 Å². The summed E-state index contributed by atoms with van der Waals surface area (Å²) in [5, 5.41) is 10.9. The molecule has 0 saturated heterocycles. The topological polar surface area (TPSA) is 83.9 Å². The van der Waals surface area contributed by atoms with Crippen molar-refractivity contribution in [2.75, 3.05) is 14.2 Å². The number of hydroxylamine groups is 2. The van der Waals surface area contributed by atoms with Gasteiger partial charge in [-0.1, -0.05) is 31.2 Å². The Balaban J connectivity index is 1.66. The third-order valence-electron chi connectivity index (χ3n) is 7.15. The van der Waals surface area contributed by atoms with Crippen LogP contribution >= 0.6 is 0 Å². The normalized spacial score (nSPS) is 31.9. The van der Waals surface area contributed by atoms with Crippen molar-refractivity contribution < 1.29 is 9.57 Å². The van der Waals surface area contributed by atoms with Crippen LogP contribution in [0.2, 0.25) is 0 Å². The standard InChI is InChI=1S/C24H26N4O2/c1-15-11-23(13-21(15)29-3)12-19-8-7-18(17-6-4-5-16(9-17)14-25)10-20(19)24(23)27-22(26)28(2)30-24/h4-10,15,21H,11-13H2,1-3H3,(H2,26,27)/t15-,21+,23?,24?/m0/s1. The predicted octanol–water partition coefficient (Wildman–Crippen LogP) is 3.56. The predicted molar refractivity (Wildman–Crippen MR) is 114 cm³/mol. The zero-order valence-corrected chi connectivity index (χ0v) is 17.6. The maximum Gasteiger partial charge on any atom is 0.220 e. The lowest BCUT2D eigenvalue weighted by Gasteiger charge is -2.38. The molecule has 3 aliphatic rings. The van der Waals surface area contributed by atoms with E-state index in [-0.39, 0.29) is 11.5 Å². The molecule has 1 heterocycles. The minimum atomic E-state index is -0.842. The quantitative estimate of drug-likeness (QED) is 0.830. The number of hydrogen-bond acceptors (Lipinski definition) is 6. The van der Waals surface area contributed by atoms with E-state index >= 15 is 0 Å². The lowest BCUT2D eigenvalue weighted by atomic mass is 9.75. The van der Waals surface area contributed by atoms with Crippen molar-refractivity contribution in [3.05, 3.63) is 59.2 Å². The largest absolute Gasteiger partial charge is 0.381 e. The SMILES string of the molecule is CO[C@@H]1CC2(Cc3ccc(-c4cccc(C#N)c4)cc3C23N=C(N)N(C)O3)C[C@@H]1C. The first-order valence-electron chi connectivity index (χ1n) is 10.4. The molecular weight excluding hydrogens is 376 g/mol. The van der Waals surface area contributed by atoms with Crippen molar-refractivity contribution in [1.82, 2.24) is 5.06 Å². The fourth-order valence-corrected chi connectivity index (χ4v) is 5.74. The number of rotatable bonds is 2. The fraction of sp³-hybridized carbons (Fsp3) is 0.417. The minimum Gasteiger partial charge on any atom is -0.381 e. The van der Waals surface area contributed by atoms with Crippen LogP contribution in [0.3, 0.4) is 0 Å². The van der Waals surface area contributed by atoms with Crippen LogP contribution in [-0.4, -0.2) is 31.3 Å². The van der Waals surface area contributed by atoms with Gasteiger partial charge in [-0.25, -0.2) is 14.9 Å². The summed E-state index contributed by atoms with van der Waals surface area (Å²) in [7, 11) is 3.60. The summed E-state index contributed by atoms with van der Waals surface area (Å²) in [6.45, 7) is 2.24. The molecule has 1 fully saturated rings. The number of nitrogens with zero attached hydrogens (tertiary/aromatic N) is 3. The molecule has 0 radical (unpaired) electrons. The number of ether oxygens (including phenoxy) is 1. The molecule has 0 amide bonds. The Morgan fingerprint density at radius 1 is 1.23 bits per heavy atom. The van der Waals surface area contributed by atoms with E-state index in [0.717, 1.165) is 36.0 Å². The Bertz CT molecular complexity index is 1090. The highest BCUT2D eigenvalue weighted by Gasteiger charge is 2.66. The molecule has 1 saturated carbocycles. The van der Waals surface area contributed by atoms with Gasteiger partial charge < -0.3 is 10.5 Å². The maximum atomic E-state index is 9.28. The molecular formula is C24H26N4O2. The van der Waals surface area contributed by atoms with Crippen LogP contribution in [-0.2, 0) is 21.7 Å². The highest BCUT2D eigenvalue weighted by molar-refractivity contribution is 5.79. The summed E-state index contributed by atoms with van der Waals surface area (Å²) in [6.07, 6.45) is 2.90. The number of fused-ring (bicyclic) bond motifs is 3. The van der Waals surface area contributed by atoms with Gasteiger partial charge in [-0.2, -0.15) is 5.26 Å². The summed E-state index contributed by atoms with van der Waals surface area (Å²) in [5.41, 5.74) is 10.2. The number of methoxy groups -OCH3 is 1. The molecule has 2 aromatic carbocycles. The third kappa shape index (κ3) is 2.52. The van der Waals surface area contributed by atoms with E-state index in [1.165, 1.54) is 5.56 Å². The zero-order valence-electron chi connectivity index (χ0n) is 17.6. The highest BCUT2D eigenvalue weighted by Crippen LogP contribution is 2.64. The molecule has 0 bridgehead atoms. The Morgan fingerprint density at radius 2 is 2.03 bits per heavy atom. The first kappa shape index (κ1) is 19.1. The first-order valence-corrected chi connectivity index (χ1v) is 10.4. The summed E-state index contributed by atoms with van der Waals surface area (Å²) in [6, 6.07) is 16.4. The van der Waals surface area contributed by atoms with Crippen LogP contribution in [0.15, 0.2) is 47.5 Å². The molecule has 6 nitrogen and oxygen atoms in total. The number of guanidine groups is 1. The summed E-state index contributed by atoms with van der Waals surface area (Å²) in [4.78, 5) is 11.4. The first-order chi connectivity index (χ1) is 14.4. The minimum absolute atomic E-state index is 0.175. The van der Waals surface area contributed by atoms with Crippen molar-refractivity contribution >= 4 is 5.96 Å². The van der Waals surface area contributed by atoms with Gasteiger partial charge in [-0.05, 0) is 60.1 Å². The second kappa shape index (κ2) is 6.56. The van der Waals surface area contributed by atoms with Crippen LogP contribution in [0.1, 0.15) is 36.5 Å². The lowest BCUT2D eigenvalue weighted by molar-refractivity contribution is -0.222. The average molecular weight is 402 g/mol. The number of hydrogen-bond donors (Lipinski definition) is 1. The van der Waals surface area contributed by atoms with Gasteiger partial charge >= 0.3 is 0 Å². The van der Waals surface area contributed by atoms with E-state index < -0.39 is 5.72 Å². The Kier molecular flexibility index (Phi) is 4.18. The lowest BCUT2D eigenvalue weighted by Crippen LogP contribution is -2.42. The van der Waals surface area contributed by atoms with Gasteiger partial charge in [0.1, 0.15) is 0 Å². The van der Waals surface area contributed by atoms with E-state index in [1.54, 1.807) is 12.2 Å². The van der Waals surface area contributed by atoms with Gasteiger partial charge in [0.15, 0.2) is 0 Å². The smallest absolute Gasteiger partial charge is 0.220 e. The molecule has 30 heavy (non-hydrogen) atoms. The zero-order chi connectivity index (χ0) is 21.1. The molecule has 2 unspecified atom stereocenters. The van der Waals surface area contributed by atoms with Gasteiger partial charge in [0.05, 0.1) is 17.7 Å². The number of aliphatic imine (C=N–C) groups is 1. The summed E-state index contributed by atoms with van der Waals surface area (Å²) < 4.78 is 5.80. The monoisotopic (exact) mass is 402 g/mol. The highest BCUT2D eigenvalue weighted by atomic mass is 16.7. The van der Waals surface area contributed by atoms with Crippen LogP contribution in [0, 0.1) is 22.7 Å². The summed E-state index contributed by atoms with van der Waals surface area (Å²) in [5.74, 6) is 0.812. The molecule has 2 aromatic rings. The number of nitriles is 1. The summed E-state index contributed by atoms with van der Waals surface area (Å²) >= 11 is 0. The molecule has 2 aliphatic carbocycles. The van der Waals surface area contributed by atoms with E-state index in [0.29, 0.717) is 17.4 Å². The fourth-order valence-electron chi connectivity index (χ4n) is 5.74. The molecule has 5 rings (SSSR count). The third-order valence-corrected chi connectivity index (χ3v) is 7.15. The molecule has 2 N–H and O–H groups in total. The number of nitrogens with two attached hydrogens (primary N) is 1. The Hall–Kier alpha value is -2.88. The maximum absolute atomic E-state index is 9.28. The van der Waals surface area contributed by atoms with Crippen molar-refractivity contribution in [1.29, 1.82) is 5.26 Å². The molecule has 2 spiro atoms. The van der Waals surface area contributed by atoms with Crippen molar-refractivity contribution in [3.8, 4) is 17.2 Å². The Labute approximate surface area is 176 Å². The van der Waals surface area contributed by atoms with Gasteiger partial charge in [-0.3, -0.25) is 0 Å². The van der Waals surface area contributed by atoms with Crippen LogP contribution in [0.5, 0.6) is 0 Å². The molecule has 1 aliphatic heterocycles. The molecule has 0 aromatic heterocycles. The average Bonchev–Trinajstić information content (AvgIpc) is 3.33. The second-order valence-corrected chi connectivity index (χ2v) is 8.88. The van der Waals surface area contributed by atoms with Gasteiger partial charge in [0.25, 0.3) is 0 Å². The van der Waals surface area contributed by atoms with Gasteiger partial charge in [0.2, 0.25) is 11.7 Å².